The molecule has 1 atom stereocenters. The van der Waals surface area contributed by atoms with Crippen LogP contribution in [-0.4, -0.2) is 46.5 Å². The fraction of sp³-hybridized carbons (Fsp3) is 0.476. The van der Waals surface area contributed by atoms with Crippen LogP contribution in [0.1, 0.15) is 43.3 Å². The van der Waals surface area contributed by atoms with Crippen molar-refractivity contribution in [2.24, 2.45) is 0 Å². The van der Waals surface area contributed by atoms with E-state index in [4.69, 9.17) is 0 Å². The Labute approximate surface area is 150 Å². The number of carbonyl (C=O) groups is 1. The number of nitrogens with zero attached hydrogens (tertiary/aromatic N) is 3. The third-order valence-corrected chi connectivity index (χ3v) is 5.68. The van der Waals surface area contributed by atoms with Crippen LogP contribution in [-0.2, 0) is 4.79 Å². The summed E-state index contributed by atoms with van der Waals surface area (Å²) in [5.41, 5.74) is 1.14. The van der Waals surface area contributed by atoms with Crippen molar-refractivity contribution in [3.8, 4) is 0 Å². The molecular weight excluding hydrogens is 310 g/mol. The van der Waals surface area contributed by atoms with Crippen LogP contribution >= 0.6 is 0 Å². The Kier molecular flexibility index (Phi) is 4.88. The molecule has 25 heavy (non-hydrogen) atoms. The lowest BCUT2D eigenvalue weighted by Crippen LogP contribution is -2.45. The lowest BCUT2D eigenvalue weighted by atomic mass is 9.98. The first kappa shape index (κ1) is 16.4. The normalized spacial score (nSPS) is 20.7. The molecule has 4 heteroatoms. The number of piperidine rings is 1. The summed E-state index contributed by atoms with van der Waals surface area (Å²) >= 11 is 0. The molecule has 0 N–H and O–H groups in total. The molecule has 1 aromatic carbocycles. The largest absolute Gasteiger partial charge is 0.351 e. The van der Waals surface area contributed by atoms with Gasteiger partial charge in [0, 0.05) is 44.6 Å². The van der Waals surface area contributed by atoms with Gasteiger partial charge >= 0.3 is 0 Å². The van der Waals surface area contributed by atoms with Gasteiger partial charge in [0.15, 0.2) is 0 Å². The van der Waals surface area contributed by atoms with Gasteiger partial charge in [-0.2, -0.15) is 0 Å². The van der Waals surface area contributed by atoms with Crippen molar-refractivity contribution < 1.29 is 4.79 Å². The van der Waals surface area contributed by atoms with Gasteiger partial charge in [-0.05, 0) is 43.4 Å². The number of aromatic nitrogens is 1. The molecule has 4 rings (SSSR count). The van der Waals surface area contributed by atoms with Crippen LogP contribution in [0.2, 0.25) is 0 Å². The summed E-state index contributed by atoms with van der Waals surface area (Å²) in [5, 5.41) is 0. The third-order valence-electron chi connectivity index (χ3n) is 5.68. The number of likely N-dealkylation sites (tertiary alicyclic amines) is 2. The molecular formula is C21H27N3O. The van der Waals surface area contributed by atoms with Crippen LogP contribution < -0.4 is 0 Å². The molecule has 3 heterocycles. The zero-order valence-electron chi connectivity index (χ0n) is 14.8. The zero-order chi connectivity index (χ0) is 17.1. The van der Waals surface area contributed by atoms with Crippen LogP contribution in [0, 0.1) is 0 Å². The molecule has 4 nitrogen and oxygen atoms in total. The van der Waals surface area contributed by atoms with Crippen LogP contribution in [0.3, 0.4) is 0 Å². The van der Waals surface area contributed by atoms with E-state index in [9.17, 15) is 4.79 Å². The summed E-state index contributed by atoms with van der Waals surface area (Å²) < 4.78 is 2.32. The van der Waals surface area contributed by atoms with Gasteiger partial charge in [0.2, 0.25) is 5.91 Å². The summed E-state index contributed by atoms with van der Waals surface area (Å²) in [5.74, 6) is 0.295. The summed E-state index contributed by atoms with van der Waals surface area (Å²) in [6.07, 6.45) is 8.80. The number of carbonyl (C=O) groups excluding carboxylic acids is 1. The third kappa shape index (κ3) is 3.49. The van der Waals surface area contributed by atoms with Crippen LogP contribution in [0.15, 0.2) is 54.9 Å². The molecule has 2 aliphatic heterocycles. The predicted molar refractivity (Wildman–Crippen MR) is 99.3 cm³/mol. The number of benzene rings is 1. The molecule has 1 amide bonds. The second kappa shape index (κ2) is 7.44. The molecule has 2 aromatic rings. The van der Waals surface area contributed by atoms with Crippen molar-refractivity contribution >= 4 is 5.91 Å². The Morgan fingerprint density at radius 3 is 2.16 bits per heavy atom. The van der Waals surface area contributed by atoms with Gasteiger partial charge in [-0.25, -0.2) is 0 Å². The van der Waals surface area contributed by atoms with E-state index in [1.54, 1.807) is 0 Å². The first-order chi connectivity index (χ1) is 12.3. The SMILES string of the molecule is O=C([C@@H](c1ccccc1)N1CCC(n2cccc2)CC1)N1CCCC1. The molecule has 1 aromatic heterocycles. The highest BCUT2D eigenvalue weighted by Gasteiger charge is 2.34. The van der Waals surface area contributed by atoms with Gasteiger partial charge in [-0.15, -0.1) is 0 Å². The van der Waals surface area contributed by atoms with Crippen LogP contribution in [0.5, 0.6) is 0 Å². The topological polar surface area (TPSA) is 28.5 Å². The van der Waals surface area contributed by atoms with Crippen molar-refractivity contribution in [2.45, 2.75) is 37.8 Å². The number of hydrogen-bond acceptors (Lipinski definition) is 2. The number of hydrogen-bond donors (Lipinski definition) is 0. The van der Waals surface area contributed by atoms with Crippen molar-refractivity contribution in [1.82, 2.24) is 14.4 Å². The molecule has 0 radical (unpaired) electrons. The minimum absolute atomic E-state index is 0.120. The monoisotopic (exact) mass is 337 g/mol. The van der Waals surface area contributed by atoms with Gasteiger partial charge in [0.25, 0.3) is 0 Å². The molecule has 2 saturated heterocycles. The standard InChI is InChI=1S/C21H27N3O/c25-21(24-14-6-7-15-24)20(18-8-2-1-3-9-18)23-16-10-19(11-17-23)22-12-4-5-13-22/h1-5,8-9,12-13,19-20H,6-7,10-11,14-17H2/t20-/m1/s1. The Bertz CT molecular complexity index is 668. The molecule has 0 spiro atoms. The lowest BCUT2D eigenvalue weighted by molar-refractivity contribution is -0.136. The average molecular weight is 337 g/mol. The maximum absolute atomic E-state index is 13.2. The molecule has 0 bridgehead atoms. The minimum atomic E-state index is -0.120. The molecule has 0 unspecified atom stereocenters. The second-order valence-corrected chi connectivity index (χ2v) is 7.24. The molecule has 2 aliphatic rings. The van der Waals surface area contributed by atoms with Crippen LogP contribution in [0.25, 0.3) is 0 Å². The number of rotatable bonds is 4. The number of amides is 1. The Morgan fingerprint density at radius 1 is 0.880 bits per heavy atom. The van der Waals surface area contributed by atoms with Crippen molar-refractivity contribution in [3.63, 3.8) is 0 Å². The minimum Gasteiger partial charge on any atom is -0.351 e. The highest BCUT2D eigenvalue weighted by atomic mass is 16.2. The molecule has 132 valence electrons. The summed E-state index contributed by atoms with van der Waals surface area (Å²) in [7, 11) is 0. The van der Waals surface area contributed by atoms with Crippen molar-refractivity contribution in [3.05, 3.63) is 60.4 Å². The maximum Gasteiger partial charge on any atom is 0.244 e. The lowest BCUT2D eigenvalue weighted by Gasteiger charge is -2.38. The van der Waals surface area contributed by atoms with Gasteiger partial charge in [-0.3, -0.25) is 9.69 Å². The Morgan fingerprint density at radius 2 is 1.52 bits per heavy atom. The van der Waals surface area contributed by atoms with E-state index in [0.717, 1.165) is 57.4 Å². The highest BCUT2D eigenvalue weighted by Crippen LogP contribution is 2.31. The predicted octanol–water partition coefficient (Wildman–Crippen LogP) is 3.49. The molecule has 0 saturated carbocycles. The summed E-state index contributed by atoms with van der Waals surface area (Å²) in [6.45, 7) is 3.79. The van der Waals surface area contributed by atoms with E-state index >= 15 is 0 Å². The van der Waals surface area contributed by atoms with Gasteiger partial charge in [0.05, 0.1) is 0 Å². The van der Waals surface area contributed by atoms with Crippen LogP contribution in [0.4, 0.5) is 0 Å². The van der Waals surface area contributed by atoms with Gasteiger partial charge in [0.1, 0.15) is 6.04 Å². The van der Waals surface area contributed by atoms with E-state index in [1.165, 1.54) is 0 Å². The first-order valence-electron chi connectivity index (χ1n) is 9.53. The highest BCUT2D eigenvalue weighted by molar-refractivity contribution is 5.83. The average Bonchev–Trinajstić information content (AvgIpc) is 3.37. The van der Waals surface area contributed by atoms with Crippen molar-refractivity contribution in [2.75, 3.05) is 26.2 Å². The summed E-state index contributed by atoms with van der Waals surface area (Å²) in [4.78, 5) is 17.7. The summed E-state index contributed by atoms with van der Waals surface area (Å²) in [6, 6.07) is 15.0. The van der Waals surface area contributed by atoms with E-state index < -0.39 is 0 Å². The van der Waals surface area contributed by atoms with E-state index in [2.05, 4.69) is 51.0 Å². The maximum atomic E-state index is 13.2. The Balaban J connectivity index is 1.51. The van der Waals surface area contributed by atoms with E-state index in [0.29, 0.717) is 11.9 Å². The second-order valence-electron chi connectivity index (χ2n) is 7.24. The van der Waals surface area contributed by atoms with Gasteiger partial charge < -0.3 is 9.47 Å². The van der Waals surface area contributed by atoms with E-state index in [1.807, 2.05) is 18.2 Å². The van der Waals surface area contributed by atoms with E-state index in [-0.39, 0.29) is 6.04 Å². The molecule has 2 fully saturated rings. The smallest absolute Gasteiger partial charge is 0.244 e. The van der Waals surface area contributed by atoms with Gasteiger partial charge in [-0.1, -0.05) is 30.3 Å². The fourth-order valence-corrected chi connectivity index (χ4v) is 4.29. The zero-order valence-corrected chi connectivity index (χ0v) is 14.8. The molecule has 0 aliphatic carbocycles. The Hall–Kier alpha value is -2.07. The quantitative estimate of drug-likeness (QED) is 0.854. The first-order valence-corrected chi connectivity index (χ1v) is 9.53. The van der Waals surface area contributed by atoms with Crippen molar-refractivity contribution in [1.29, 1.82) is 0 Å². The fourth-order valence-electron chi connectivity index (χ4n) is 4.29.